The Morgan fingerprint density at radius 1 is 1.19 bits per heavy atom. The van der Waals surface area contributed by atoms with E-state index in [0.717, 1.165) is 30.6 Å². The number of Topliss-reactive ketones (excluding diaryl/α,β-unsaturated/α-hetero) is 1. The van der Waals surface area contributed by atoms with E-state index >= 15 is 0 Å². The molecule has 0 spiro atoms. The number of carbonyl (C=O) groups excluding carboxylic acids is 4. The maximum atomic E-state index is 12.3. The third-order valence-corrected chi connectivity index (χ3v) is 5.37. The molecule has 1 aromatic rings. The van der Waals surface area contributed by atoms with Gasteiger partial charge < -0.3 is 10.1 Å². The van der Waals surface area contributed by atoms with E-state index in [1.54, 1.807) is 19.9 Å². The maximum absolute atomic E-state index is 12.3. The Morgan fingerprint density at radius 2 is 1.89 bits per heavy atom. The number of amides is 3. The molecular weight excluding hydrogens is 348 g/mol. The number of nitrogens with one attached hydrogen (secondary N) is 1. The average Bonchev–Trinajstić information content (AvgIpc) is 2.89. The molecule has 1 aliphatic heterocycles. The highest BCUT2D eigenvalue weighted by Gasteiger charge is 2.47. The predicted octanol–water partition coefficient (Wildman–Crippen LogP) is 2.01. The fourth-order valence-electron chi connectivity index (χ4n) is 3.44. The number of urea groups is 1. The molecule has 1 aliphatic carbocycles. The third kappa shape index (κ3) is 3.86. The summed E-state index contributed by atoms with van der Waals surface area (Å²) in [7, 11) is 0. The molecule has 0 aromatic heterocycles. The van der Waals surface area contributed by atoms with Crippen LogP contribution in [-0.2, 0) is 27.2 Å². The summed E-state index contributed by atoms with van der Waals surface area (Å²) in [5.41, 5.74) is 1.96. The number of benzene rings is 1. The fraction of sp³-hybridized carbons (Fsp3) is 0.500. The zero-order chi connectivity index (χ0) is 19.6. The van der Waals surface area contributed by atoms with Gasteiger partial charge in [0.1, 0.15) is 12.1 Å². The van der Waals surface area contributed by atoms with Gasteiger partial charge in [0.05, 0.1) is 0 Å². The molecule has 0 unspecified atom stereocenters. The standard InChI is InChI=1S/C20H24N2O5/c1-3-20(2)18(25)22(19(26)21-20)11-17(24)27-12-16(23)15-9-8-13-6-4-5-7-14(13)10-15/h8-10H,3-7,11-12H2,1-2H3,(H,21,26)/t20-/m1/s1. The summed E-state index contributed by atoms with van der Waals surface area (Å²) >= 11 is 0. The van der Waals surface area contributed by atoms with Crippen molar-refractivity contribution in [3.05, 3.63) is 34.9 Å². The molecule has 3 rings (SSSR count). The van der Waals surface area contributed by atoms with Crippen LogP contribution in [0.15, 0.2) is 18.2 Å². The SMILES string of the molecule is CC[C@@]1(C)NC(=O)N(CC(=O)OCC(=O)c2ccc3c(c2)CCCC3)C1=O. The number of fused-ring (bicyclic) bond motifs is 1. The molecule has 0 radical (unpaired) electrons. The molecule has 144 valence electrons. The van der Waals surface area contributed by atoms with Crippen LogP contribution in [0.3, 0.4) is 0 Å². The first kappa shape index (κ1) is 19.1. The van der Waals surface area contributed by atoms with E-state index in [2.05, 4.69) is 5.32 Å². The average molecular weight is 372 g/mol. The van der Waals surface area contributed by atoms with Crippen molar-refractivity contribution in [3.63, 3.8) is 0 Å². The van der Waals surface area contributed by atoms with Gasteiger partial charge >= 0.3 is 12.0 Å². The smallest absolute Gasteiger partial charge is 0.326 e. The first-order valence-electron chi connectivity index (χ1n) is 9.29. The number of rotatable bonds is 6. The van der Waals surface area contributed by atoms with Crippen molar-refractivity contribution in [2.24, 2.45) is 0 Å². The Morgan fingerprint density at radius 3 is 2.56 bits per heavy atom. The van der Waals surface area contributed by atoms with E-state index in [1.165, 1.54) is 11.1 Å². The highest BCUT2D eigenvalue weighted by Crippen LogP contribution is 2.23. The van der Waals surface area contributed by atoms with Gasteiger partial charge in [0, 0.05) is 5.56 Å². The van der Waals surface area contributed by atoms with Gasteiger partial charge in [-0.3, -0.25) is 19.3 Å². The summed E-state index contributed by atoms with van der Waals surface area (Å²) in [6.45, 7) is 2.47. The van der Waals surface area contributed by atoms with Crippen molar-refractivity contribution < 1.29 is 23.9 Å². The molecule has 7 heteroatoms. The van der Waals surface area contributed by atoms with Crippen LogP contribution >= 0.6 is 0 Å². The van der Waals surface area contributed by atoms with Crippen LogP contribution in [0.4, 0.5) is 4.79 Å². The molecule has 0 saturated carbocycles. The van der Waals surface area contributed by atoms with Gasteiger partial charge in [0.25, 0.3) is 5.91 Å². The van der Waals surface area contributed by atoms with Crippen molar-refractivity contribution >= 4 is 23.7 Å². The molecule has 3 amide bonds. The number of aryl methyl sites for hydroxylation is 2. The summed E-state index contributed by atoms with van der Waals surface area (Å²) in [6, 6.07) is 4.96. The van der Waals surface area contributed by atoms with Gasteiger partial charge in [-0.05, 0) is 56.2 Å². The minimum atomic E-state index is -1.00. The zero-order valence-corrected chi connectivity index (χ0v) is 15.7. The first-order chi connectivity index (χ1) is 12.8. The molecular formula is C20H24N2O5. The second kappa shape index (κ2) is 7.50. The van der Waals surface area contributed by atoms with Crippen LogP contribution in [0, 0.1) is 0 Å². The van der Waals surface area contributed by atoms with E-state index in [4.69, 9.17) is 4.74 Å². The fourth-order valence-corrected chi connectivity index (χ4v) is 3.44. The number of esters is 1. The Balaban J connectivity index is 1.56. The summed E-state index contributed by atoms with van der Waals surface area (Å²) in [6.07, 6.45) is 4.68. The minimum Gasteiger partial charge on any atom is -0.456 e. The largest absolute Gasteiger partial charge is 0.456 e. The number of ether oxygens (including phenoxy) is 1. The Bertz CT molecular complexity index is 804. The Labute approximate surface area is 158 Å². The second-order valence-corrected chi connectivity index (χ2v) is 7.28. The highest BCUT2D eigenvalue weighted by molar-refractivity contribution is 6.08. The van der Waals surface area contributed by atoms with Crippen LogP contribution in [0.5, 0.6) is 0 Å². The topological polar surface area (TPSA) is 92.8 Å². The van der Waals surface area contributed by atoms with Gasteiger partial charge in [-0.25, -0.2) is 4.79 Å². The first-order valence-corrected chi connectivity index (χ1v) is 9.29. The lowest BCUT2D eigenvalue weighted by molar-refractivity contribution is -0.146. The molecule has 1 aromatic carbocycles. The molecule has 1 heterocycles. The Hall–Kier alpha value is -2.70. The van der Waals surface area contributed by atoms with Gasteiger partial charge in [0.2, 0.25) is 0 Å². The number of nitrogens with zero attached hydrogens (tertiary/aromatic N) is 1. The van der Waals surface area contributed by atoms with E-state index in [0.29, 0.717) is 12.0 Å². The van der Waals surface area contributed by atoms with Crippen molar-refractivity contribution in [2.45, 2.75) is 51.5 Å². The summed E-state index contributed by atoms with van der Waals surface area (Å²) in [5.74, 6) is -1.55. The molecule has 27 heavy (non-hydrogen) atoms. The van der Waals surface area contributed by atoms with Crippen molar-refractivity contribution in [3.8, 4) is 0 Å². The quantitative estimate of drug-likeness (QED) is 0.468. The molecule has 1 fully saturated rings. The lowest BCUT2D eigenvalue weighted by Gasteiger charge is -2.18. The summed E-state index contributed by atoms with van der Waals surface area (Å²) in [5, 5.41) is 2.57. The van der Waals surface area contributed by atoms with E-state index in [-0.39, 0.29) is 5.78 Å². The van der Waals surface area contributed by atoms with Crippen LogP contribution in [0.1, 0.15) is 54.6 Å². The summed E-state index contributed by atoms with van der Waals surface area (Å²) < 4.78 is 5.00. The Kier molecular flexibility index (Phi) is 5.30. The van der Waals surface area contributed by atoms with Gasteiger partial charge in [-0.1, -0.05) is 19.1 Å². The zero-order valence-electron chi connectivity index (χ0n) is 15.7. The predicted molar refractivity (Wildman–Crippen MR) is 97.3 cm³/mol. The second-order valence-electron chi connectivity index (χ2n) is 7.28. The van der Waals surface area contributed by atoms with Crippen molar-refractivity contribution in [1.82, 2.24) is 10.2 Å². The summed E-state index contributed by atoms with van der Waals surface area (Å²) in [4.78, 5) is 49.3. The van der Waals surface area contributed by atoms with Crippen molar-refractivity contribution in [2.75, 3.05) is 13.2 Å². The lowest BCUT2D eigenvalue weighted by atomic mass is 9.90. The number of carbonyl (C=O) groups is 4. The number of hydrogen-bond donors (Lipinski definition) is 1. The van der Waals surface area contributed by atoms with Crippen LogP contribution in [0.25, 0.3) is 0 Å². The molecule has 1 atom stereocenters. The van der Waals surface area contributed by atoms with E-state index < -0.39 is 36.6 Å². The van der Waals surface area contributed by atoms with Gasteiger partial charge in [-0.15, -0.1) is 0 Å². The maximum Gasteiger partial charge on any atom is 0.326 e. The molecule has 0 bridgehead atoms. The van der Waals surface area contributed by atoms with Crippen LogP contribution < -0.4 is 5.32 Å². The van der Waals surface area contributed by atoms with Crippen LogP contribution in [0.2, 0.25) is 0 Å². The number of imide groups is 1. The number of hydrogen-bond acceptors (Lipinski definition) is 5. The minimum absolute atomic E-state index is 0.299. The highest BCUT2D eigenvalue weighted by atomic mass is 16.5. The van der Waals surface area contributed by atoms with Crippen LogP contribution in [-0.4, -0.2) is 47.3 Å². The van der Waals surface area contributed by atoms with E-state index in [1.807, 2.05) is 12.1 Å². The number of ketones is 1. The molecule has 7 nitrogen and oxygen atoms in total. The normalized spacial score (nSPS) is 21.6. The lowest BCUT2D eigenvalue weighted by Crippen LogP contribution is -2.43. The molecule has 1 saturated heterocycles. The monoisotopic (exact) mass is 372 g/mol. The van der Waals surface area contributed by atoms with Crippen molar-refractivity contribution in [1.29, 1.82) is 0 Å². The van der Waals surface area contributed by atoms with E-state index in [9.17, 15) is 19.2 Å². The molecule has 2 aliphatic rings. The van der Waals surface area contributed by atoms with Gasteiger partial charge in [0.15, 0.2) is 12.4 Å². The third-order valence-electron chi connectivity index (χ3n) is 5.37. The molecule has 1 N–H and O–H groups in total. The van der Waals surface area contributed by atoms with Gasteiger partial charge in [-0.2, -0.15) is 0 Å².